The van der Waals surface area contributed by atoms with Gasteiger partial charge in [0.2, 0.25) is 5.91 Å². The average Bonchev–Trinajstić information content (AvgIpc) is 2.78. The lowest BCUT2D eigenvalue weighted by Crippen LogP contribution is -2.52. The largest absolute Gasteiger partial charge is 0.494 e. The number of rotatable bonds is 5. The Morgan fingerprint density at radius 1 is 1.07 bits per heavy atom. The van der Waals surface area contributed by atoms with Crippen LogP contribution in [0.5, 0.6) is 5.75 Å². The van der Waals surface area contributed by atoms with E-state index in [1.165, 1.54) is 6.42 Å². The van der Waals surface area contributed by atoms with Crippen LogP contribution in [0.15, 0.2) is 29.8 Å². The van der Waals surface area contributed by atoms with Gasteiger partial charge in [0.1, 0.15) is 17.4 Å². The van der Waals surface area contributed by atoms with Gasteiger partial charge in [-0.05, 0) is 43.5 Å². The van der Waals surface area contributed by atoms with E-state index in [1.54, 1.807) is 11.0 Å². The Labute approximate surface area is 172 Å². The van der Waals surface area contributed by atoms with Gasteiger partial charge in [-0.1, -0.05) is 31.4 Å². The molecule has 1 aromatic rings. The van der Waals surface area contributed by atoms with E-state index in [0.717, 1.165) is 37.0 Å². The lowest BCUT2D eigenvalue weighted by molar-refractivity contribution is -0.141. The van der Waals surface area contributed by atoms with Gasteiger partial charge in [0.15, 0.2) is 0 Å². The quantitative estimate of drug-likeness (QED) is 0.567. The van der Waals surface area contributed by atoms with E-state index in [4.69, 9.17) is 4.74 Å². The van der Waals surface area contributed by atoms with Gasteiger partial charge < -0.3 is 14.5 Å². The minimum Gasteiger partial charge on any atom is -0.494 e. The fraction of sp³-hybridized carbons (Fsp3) is 0.522. The van der Waals surface area contributed by atoms with Crippen LogP contribution in [0.3, 0.4) is 0 Å². The number of carbonyl (C=O) groups is 2. The van der Waals surface area contributed by atoms with Gasteiger partial charge in [-0.2, -0.15) is 5.26 Å². The zero-order valence-corrected chi connectivity index (χ0v) is 17.1. The van der Waals surface area contributed by atoms with Crippen LogP contribution in [0, 0.1) is 17.2 Å². The Morgan fingerprint density at radius 2 is 1.69 bits per heavy atom. The number of nitrogens with zero attached hydrogens (tertiary/aromatic N) is 3. The van der Waals surface area contributed by atoms with Crippen LogP contribution < -0.4 is 4.74 Å². The first-order valence-electron chi connectivity index (χ1n) is 10.5. The molecule has 0 spiro atoms. The zero-order chi connectivity index (χ0) is 20.6. The van der Waals surface area contributed by atoms with E-state index >= 15 is 0 Å². The second kappa shape index (κ2) is 10.1. The molecule has 0 N–H and O–H groups in total. The predicted octanol–water partition coefficient (Wildman–Crippen LogP) is 3.24. The molecular formula is C23H29N3O3. The molecule has 3 rings (SSSR count). The van der Waals surface area contributed by atoms with Gasteiger partial charge in [-0.25, -0.2) is 0 Å². The summed E-state index contributed by atoms with van der Waals surface area (Å²) in [5.74, 6) is 0.877. The van der Waals surface area contributed by atoms with E-state index in [2.05, 4.69) is 0 Å². The summed E-state index contributed by atoms with van der Waals surface area (Å²) in [6, 6.07) is 9.34. The number of benzene rings is 1. The Balaban J connectivity index is 1.58. The third-order valence-electron chi connectivity index (χ3n) is 5.69. The fourth-order valence-electron chi connectivity index (χ4n) is 4.04. The number of carbonyl (C=O) groups excluding carboxylic acids is 2. The summed E-state index contributed by atoms with van der Waals surface area (Å²) in [5, 5.41) is 9.48. The predicted molar refractivity (Wildman–Crippen MR) is 111 cm³/mol. The van der Waals surface area contributed by atoms with Crippen molar-refractivity contribution in [2.45, 2.75) is 39.0 Å². The number of ether oxygens (including phenoxy) is 1. The number of hydrogen-bond acceptors (Lipinski definition) is 4. The van der Waals surface area contributed by atoms with Crippen LogP contribution in [0.1, 0.15) is 44.6 Å². The molecule has 1 saturated carbocycles. The van der Waals surface area contributed by atoms with Gasteiger partial charge in [0.05, 0.1) is 6.61 Å². The molecule has 1 aliphatic carbocycles. The molecule has 29 heavy (non-hydrogen) atoms. The first kappa shape index (κ1) is 20.9. The Hall–Kier alpha value is -2.81. The van der Waals surface area contributed by atoms with Gasteiger partial charge >= 0.3 is 0 Å². The van der Waals surface area contributed by atoms with E-state index in [9.17, 15) is 14.9 Å². The molecule has 1 saturated heterocycles. The normalized spacial score (nSPS) is 18.3. The molecule has 0 aromatic heterocycles. The monoisotopic (exact) mass is 395 g/mol. The molecule has 1 aliphatic heterocycles. The Bertz CT molecular complexity index is 781. The lowest BCUT2D eigenvalue weighted by atomic mass is 9.88. The minimum absolute atomic E-state index is 0.112. The van der Waals surface area contributed by atoms with Crippen LogP contribution in [0.2, 0.25) is 0 Å². The van der Waals surface area contributed by atoms with E-state index in [1.807, 2.05) is 42.2 Å². The van der Waals surface area contributed by atoms with Crippen molar-refractivity contribution in [1.82, 2.24) is 9.80 Å². The maximum absolute atomic E-state index is 12.8. The lowest BCUT2D eigenvalue weighted by Gasteiger charge is -2.37. The summed E-state index contributed by atoms with van der Waals surface area (Å²) in [6.07, 6.45) is 7.08. The number of hydrogen-bond donors (Lipinski definition) is 0. The first-order valence-corrected chi connectivity index (χ1v) is 10.5. The van der Waals surface area contributed by atoms with E-state index < -0.39 is 0 Å². The molecule has 2 amide bonds. The van der Waals surface area contributed by atoms with Crippen molar-refractivity contribution in [1.29, 1.82) is 5.26 Å². The Kier molecular flexibility index (Phi) is 7.29. The Morgan fingerprint density at radius 3 is 2.28 bits per heavy atom. The summed E-state index contributed by atoms with van der Waals surface area (Å²) >= 11 is 0. The second-order valence-electron chi connectivity index (χ2n) is 7.62. The van der Waals surface area contributed by atoms with Gasteiger partial charge in [0.25, 0.3) is 5.91 Å². The third-order valence-corrected chi connectivity index (χ3v) is 5.69. The maximum atomic E-state index is 12.8. The minimum atomic E-state index is -0.272. The topological polar surface area (TPSA) is 73.6 Å². The molecule has 2 aliphatic rings. The summed E-state index contributed by atoms with van der Waals surface area (Å²) in [7, 11) is 0. The highest BCUT2D eigenvalue weighted by molar-refractivity contribution is 6.01. The van der Waals surface area contributed by atoms with Crippen LogP contribution in [0.4, 0.5) is 0 Å². The van der Waals surface area contributed by atoms with Crippen molar-refractivity contribution in [2.24, 2.45) is 5.92 Å². The number of amides is 2. The van der Waals surface area contributed by atoms with Crippen LogP contribution >= 0.6 is 0 Å². The highest BCUT2D eigenvalue weighted by atomic mass is 16.5. The molecule has 0 unspecified atom stereocenters. The highest BCUT2D eigenvalue weighted by Crippen LogP contribution is 2.26. The number of piperazine rings is 1. The van der Waals surface area contributed by atoms with Crippen molar-refractivity contribution < 1.29 is 14.3 Å². The standard InChI is InChI=1S/C23H29N3O3/c1-2-29-21-10-8-18(9-11-21)16-20(17-24)23(28)26-14-12-25(13-15-26)22(27)19-6-4-3-5-7-19/h8-11,16,19H,2-7,12-15H2,1H3/b20-16+. The molecule has 1 aromatic carbocycles. The molecule has 6 heteroatoms. The van der Waals surface area contributed by atoms with Crippen molar-refractivity contribution in [3.8, 4) is 11.8 Å². The summed E-state index contributed by atoms with van der Waals surface area (Å²) < 4.78 is 5.41. The van der Waals surface area contributed by atoms with E-state index in [-0.39, 0.29) is 23.3 Å². The third kappa shape index (κ3) is 5.38. The van der Waals surface area contributed by atoms with Crippen LogP contribution in [0.25, 0.3) is 6.08 Å². The first-order chi connectivity index (χ1) is 14.1. The molecule has 1 heterocycles. The molecule has 0 bridgehead atoms. The van der Waals surface area contributed by atoms with Crippen molar-refractivity contribution >= 4 is 17.9 Å². The molecule has 0 atom stereocenters. The van der Waals surface area contributed by atoms with Gasteiger partial charge in [0, 0.05) is 32.1 Å². The van der Waals surface area contributed by atoms with Crippen LogP contribution in [-0.4, -0.2) is 54.4 Å². The maximum Gasteiger partial charge on any atom is 0.264 e. The smallest absolute Gasteiger partial charge is 0.264 e. The molecule has 0 radical (unpaired) electrons. The zero-order valence-electron chi connectivity index (χ0n) is 17.1. The van der Waals surface area contributed by atoms with Crippen LogP contribution in [-0.2, 0) is 9.59 Å². The van der Waals surface area contributed by atoms with Gasteiger partial charge in [-0.15, -0.1) is 0 Å². The molecular weight excluding hydrogens is 366 g/mol. The summed E-state index contributed by atoms with van der Waals surface area (Å²) in [6.45, 7) is 4.54. The average molecular weight is 396 g/mol. The van der Waals surface area contributed by atoms with Crippen molar-refractivity contribution in [3.63, 3.8) is 0 Å². The summed E-state index contributed by atoms with van der Waals surface area (Å²) in [4.78, 5) is 29.0. The number of nitriles is 1. The van der Waals surface area contributed by atoms with Gasteiger partial charge in [-0.3, -0.25) is 9.59 Å². The van der Waals surface area contributed by atoms with E-state index in [0.29, 0.717) is 32.8 Å². The van der Waals surface area contributed by atoms with Crippen molar-refractivity contribution in [3.05, 3.63) is 35.4 Å². The second-order valence-corrected chi connectivity index (χ2v) is 7.62. The molecule has 154 valence electrons. The highest BCUT2D eigenvalue weighted by Gasteiger charge is 2.30. The summed E-state index contributed by atoms with van der Waals surface area (Å²) in [5.41, 5.74) is 0.894. The molecule has 6 nitrogen and oxygen atoms in total. The molecule has 2 fully saturated rings. The fourth-order valence-corrected chi connectivity index (χ4v) is 4.04. The van der Waals surface area contributed by atoms with Crippen molar-refractivity contribution in [2.75, 3.05) is 32.8 Å². The SMILES string of the molecule is CCOc1ccc(/C=C(\C#N)C(=O)N2CCN(C(=O)C3CCCCC3)CC2)cc1.